The maximum atomic E-state index is 13.7. The van der Waals surface area contributed by atoms with Crippen LogP contribution in [0, 0.1) is 11.8 Å². The number of nitrogens with zero attached hydrogens (tertiary/aromatic N) is 1. The summed E-state index contributed by atoms with van der Waals surface area (Å²) in [5, 5.41) is 54.9. The zero-order chi connectivity index (χ0) is 23.9. The molecule has 0 aromatic heterocycles. The van der Waals surface area contributed by atoms with Crippen LogP contribution in [-0.4, -0.2) is 90.7 Å². The fraction of sp³-hybridized carbons (Fsp3) is 0.409. The average Bonchev–Trinajstić information content (AvgIpc) is 2.70. The first-order valence-electron chi connectivity index (χ1n) is 10.0. The van der Waals surface area contributed by atoms with Gasteiger partial charge in [-0.1, -0.05) is 19.1 Å². The Labute approximate surface area is 207 Å². The maximum Gasteiger partial charge on any atom is 1.00 e. The van der Waals surface area contributed by atoms with Gasteiger partial charge in [0, 0.05) is 11.5 Å². The first-order valence-corrected chi connectivity index (χ1v) is 10.0. The zero-order valence-electron chi connectivity index (χ0n) is 20.0. The highest BCUT2D eigenvalue weighted by Gasteiger charge is 2.68. The lowest BCUT2D eigenvalue weighted by molar-refractivity contribution is -0.169. The van der Waals surface area contributed by atoms with Gasteiger partial charge in [-0.15, -0.1) is 0 Å². The largest absolute Gasteiger partial charge is 1.00 e. The Bertz CT molecular complexity index is 1150. The number of carbonyl (C=O) groups is 3. The first-order chi connectivity index (χ1) is 14.9. The summed E-state index contributed by atoms with van der Waals surface area (Å²) in [4.78, 5) is 40.0. The van der Waals surface area contributed by atoms with Crippen LogP contribution in [0.15, 0.2) is 35.1 Å². The number of aliphatic hydroxyl groups excluding tert-OH is 3. The maximum absolute atomic E-state index is 13.7. The number of amides is 1. The third-order valence-corrected chi connectivity index (χ3v) is 6.99. The number of aromatic hydroxyl groups is 1. The molecule has 0 spiro atoms. The molecule has 6 atom stereocenters. The van der Waals surface area contributed by atoms with Gasteiger partial charge in [-0.3, -0.25) is 19.3 Å². The standard InChI is InChI=1S/C22H24N2O8.ClH.2H2O/c1-7-8-5-4-6-9(25)11(8)16(26)12-10(7)17(27)14-15(24(2)3)18(28)13(21(23)31)20(30)22(14,32)19(12)29;;;/h4-7,10,14-15,17,25-27,30,32H,1-3H3,(H2,23,31);1H;2*1H2. The summed E-state index contributed by atoms with van der Waals surface area (Å²) >= 11 is 0. The van der Waals surface area contributed by atoms with E-state index >= 15 is 0 Å². The second kappa shape index (κ2) is 9.57. The molecule has 0 radical (unpaired) electrons. The van der Waals surface area contributed by atoms with Gasteiger partial charge in [0.15, 0.2) is 11.4 Å². The molecule has 1 fully saturated rings. The minimum atomic E-state index is -2.89. The van der Waals surface area contributed by atoms with Gasteiger partial charge in [-0.05, 0) is 31.6 Å². The van der Waals surface area contributed by atoms with E-state index in [0.29, 0.717) is 5.56 Å². The topological polar surface area (TPSA) is 245 Å². The molecule has 194 valence electrons. The highest BCUT2D eigenvalue weighted by molar-refractivity contribution is 6.24. The first kappa shape index (κ1) is 30.0. The van der Waals surface area contributed by atoms with Crippen molar-refractivity contribution in [2.45, 2.75) is 30.6 Å². The Morgan fingerprint density at radius 1 is 1.14 bits per heavy atom. The van der Waals surface area contributed by atoms with Crippen molar-refractivity contribution in [1.82, 2.24) is 4.90 Å². The van der Waals surface area contributed by atoms with Gasteiger partial charge in [-0.25, -0.2) is 0 Å². The number of ketones is 2. The van der Waals surface area contributed by atoms with E-state index in [1.807, 2.05) is 0 Å². The molecule has 1 saturated carbocycles. The summed E-state index contributed by atoms with van der Waals surface area (Å²) in [6.45, 7) is 1.68. The van der Waals surface area contributed by atoms with Crippen LogP contribution in [0.5, 0.6) is 5.75 Å². The number of hydrogen-bond acceptors (Lipinski definition) is 9. The highest BCUT2D eigenvalue weighted by Crippen LogP contribution is 2.55. The molecule has 3 aliphatic carbocycles. The molecule has 11 N–H and O–H groups in total. The predicted octanol–water partition coefficient (Wildman–Crippen LogP) is -5.04. The van der Waals surface area contributed by atoms with E-state index in [4.69, 9.17) is 5.73 Å². The quantitative estimate of drug-likeness (QED) is 0.205. The molecule has 1 amide bonds. The van der Waals surface area contributed by atoms with Gasteiger partial charge in [0.1, 0.15) is 22.8 Å². The summed E-state index contributed by atoms with van der Waals surface area (Å²) < 4.78 is 0. The number of phenols is 1. The molecule has 4 rings (SSSR count). The van der Waals surface area contributed by atoms with E-state index in [0.717, 1.165) is 0 Å². The van der Waals surface area contributed by atoms with E-state index in [1.165, 1.54) is 25.1 Å². The Hall–Kier alpha value is -3.00. The fourth-order valence-electron chi connectivity index (χ4n) is 5.58. The smallest absolute Gasteiger partial charge is 1.00 e. The molecule has 6 unspecified atom stereocenters. The van der Waals surface area contributed by atoms with Gasteiger partial charge in [0.05, 0.1) is 23.6 Å². The van der Waals surface area contributed by atoms with Crippen molar-refractivity contribution >= 4 is 23.2 Å². The third-order valence-electron chi connectivity index (χ3n) is 6.99. The number of fused-ring (bicyclic) bond motifs is 3. The summed E-state index contributed by atoms with van der Waals surface area (Å²) in [6.07, 6.45) is -1.59. The molecule has 3 aliphatic rings. The second-order valence-electron chi connectivity index (χ2n) is 8.79. The molecular weight excluding hydrogens is 488 g/mol. The van der Waals surface area contributed by atoms with Crippen molar-refractivity contribution in [2.75, 3.05) is 14.1 Å². The molecular formula is C22H29ClN2O10. The SMILES string of the molecule is CC1c2cccc(O)c2C(O)=C2C(=O)C3(O)C(O)=C(C(N)=O)C(=O)C(N(C)C)C3C(O)C21.O.O.[Cl-].[H+]. The minimum Gasteiger partial charge on any atom is -1.00 e. The van der Waals surface area contributed by atoms with Crippen molar-refractivity contribution in [1.29, 1.82) is 0 Å². The molecule has 0 bridgehead atoms. The van der Waals surface area contributed by atoms with Gasteiger partial charge >= 0.3 is 1.43 Å². The van der Waals surface area contributed by atoms with E-state index < -0.39 is 75.6 Å². The van der Waals surface area contributed by atoms with Gasteiger partial charge in [0.2, 0.25) is 5.78 Å². The van der Waals surface area contributed by atoms with Crippen LogP contribution in [0.3, 0.4) is 0 Å². The number of halogens is 1. The van der Waals surface area contributed by atoms with E-state index in [-0.39, 0.29) is 36.1 Å². The molecule has 1 aromatic rings. The van der Waals surface area contributed by atoms with Crippen molar-refractivity contribution in [3.05, 3.63) is 46.2 Å². The Morgan fingerprint density at radius 3 is 2.23 bits per heavy atom. The van der Waals surface area contributed by atoms with Crippen LogP contribution < -0.4 is 18.1 Å². The number of likely N-dealkylation sites (N-methyl/N-ethyl adjacent to an activating group) is 1. The lowest BCUT2D eigenvalue weighted by Gasteiger charge is -2.53. The number of hydrogen-bond donors (Lipinski definition) is 6. The molecule has 12 nitrogen and oxygen atoms in total. The molecule has 0 heterocycles. The Morgan fingerprint density at radius 2 is 1.71 bits per heavy atom. The molecule has 35 heavy (non-hydrogen) atoms. The fourth-order valence-corrected chi connectivity index (χ4v) is 5.58. The van der Waals surface area contributed by atoms with Gasteiger partial charge < -0.3 is 54.6 Å². The number of carbonyl (C=O) groups excluding carboxylic acids is 3. The monoisotopic (exact) mass is 516 g/mol. The molecule has 1 aromatic carbocycles. The molecule has 0 saturated heterocycles. The van der Waals surface area contributed by atoms with Crippen LogP contribution in [-0.2, 0) is 14.4 Å². The highest BCUT2D eigenvalue weighted by atomic mass is 35.5. The summed E-state index contributed by atoms with van der Waals surface area (Å²) in [5.41, 5.74) is 1.47. The third kappa shape index (κ3) is 3.61. The molecule has 13 heteroatoms. The predicted molar refractivity (Wildman–Crippen MR) is 119 cm³/mol. The summed E-state index contributed by atoms with van der Waals surface area (Å²) in [7, 11) is 2.92. The van der Waals surface area contributed by atoms with Gasteiger partial charge in [0.25, 0.3) is 5.91 Å². The van der Waals surface area contributed by atoms with E-state index in [9.17, 15) is 39.9 Å². The van der Waals surface area contributed by atoms with Crippen LogP contribution >= 0.6 is 0 Å². The van der Waals surface area contributed by atoms with E-state index in [1.54, 1.807) is 19.1 Å². The minimum absolute atomic E-state index is 0. The van der Waals surface area contributed by atoms with Crippen molar-refractivity contribution in [2.24, 2.45) is 17.6 Å². The van der Waals surface area contributed by atoms with Crippen LogP contribution in [0.25, 0.3) is 5.76 Å². The van der Waals surface area contributed by atoms with Crippen molar-refractivity contribution in [3.63, 3.8) is 0 Å². The zero-order valence-corrected chi connectivity index (χ0v) is 19.7. The Balaban J connectivity index is 0.00000306. The molecule has 0 aliphatic heterocycles. The summed E-state index contributed by atoms with van der Waals surface area (Å²) in [6, 6.07) is 3.13. The number of nitrogens with two attached hydrogens (primary N) is 1. The number of aliphatic hydroxyl groups is 4. The van der Waals surface area contributed by atoms with Crippen LogP contribution in [0.2, 0.25) is 0 Å². The van der Waals surface area contributed by atoms with Gasteiger partial charge in [-0.2, -0.15) is 0 Å². The van der Waals surface area contributed by atoms with Crippen LogP contribution in [0.4, 0.5) is 0 Å². The Kier molecular flexibility index (Phi) is 8.21. The number of benzene rings is 1. The van der Waals surface area contributed by atoms with Crippen molar-refractivity contribution < 1.29 is 64.7 Å². The lowest BCUT2D eigenvalue weighted by Crippen LogP contribution is -3.00. The van der Waals surface area contributed by atoms with Crippen molar-refractivity contribution in [3.8, 4) is 5.75 Å². The second-order valence-corrected chi connectivity index (χ2v) is 8.79. The number of phenolic OH excluding ortho intramolecular Hbond substituents is 1. The number of Topliss-reactive ketones (excluding diaryl/α,β-unsaturated/α-hetero) is 2. The summed E-state index contributed by atoms with van der Waals surface area (Å²) in [5.74, 6) is -8.87. The normalized spacial score (nSPS) is 31.4. The average molecular weight is 517 g/mol. The number of rotatable bonds is 2. The van der Waals surface area contributed by atoms with E-state index in [2.05, 4.69) is 0 Å². The lowest BCUT2D eigenvalue weighted by atomic mass is 9.54. The van der Waals surface area contributed by atoms with Crippen LogP contribution in [0.1, 0.15) is 25.4 Å². The number of primary amides is 1.